The molecule has 7 nitrogen and oxygen atoms in total. The van der Waals surface area contributed by atoms with Crippen molar-refractivity contribution in [1.82, 2.24) is 14.9 Å². The van der Waals surface area contributed by atoms with E-state index >= 15 is 0 Å². The van der Waals surface area contributed by atoms with E-state index < -0.39 is 33.8 Å². The predicted octanol–water partition coefficient (Wildman–Crippen LogP) is 4.43. The first-order valence-corrected chi connectivity index (χ1v) is 13.0. The minimum Gasteiger partial charge on any atom is -0.390 e. The Labute approximate surface area is 206 Å². The number of hydrogen-bond donors (Lipinski definition) is 1. The highest BCUT2D eigenvalue weighted by atomic mass is 32.2. The zero-order valence-corrected chi connectivity index (χ0v) is 20.0. The molecular weight excluding hydrogens is 495 g/mol. The summed E-state index contributed by atoms with van der Waals surface area (Å²) in [6, 6.07) is 11.0. The van der Waals surface area contributed by atoms with Crippen molar-refractivity contribution in [2.24, 2.45) is 0 Å². The lowest BCUT2D eigenvalue weighted by Crippen LogP contribution is -2.46. The molecule has 1 N–H and O–H groups in total. The lowest BCUT2D eigenvalue weighted by Gasteiger charge is -2.38. The van der Waals surface area contributed by atoms with Gasteiger partial charge in [0.15, 0.2) is 15.7 Å². The number of likely N-dealkylation sites (tertiary alicyclic amines) is 1. The second kappa shape index (κ2) is 10.4. The van der Waals surface area contributed by atoms with E-state index in [-0.39, 0.29) is 48.9 Å². The molecule has 1 aliphatic heterocycles. The summed E-state index contributed by atoms with van der Waals surface area (Å²) in [5.74, 6) is -2.10. The topological polar surface area (TPSA) is 100 Å². The Morgan fingerprint density at radius 3 is 2.33 bits per heavy atom. The predicted molar refractivity (Wildman–Crippen MR) is 127 cm³/mol. The van der Waals surface area contributed by atoms with Crippen LogP contribution in [0.4, 0.5) is 13.2 Å². The van der Waals surface area contributed by atoms with Gasteiger partial charge in [0.05, 0.1) is 21.8 Å². The summed E-state index contributed by atoms with van der Waals surface area (Å²) in [6.45, 7) is 0.383. The van der Waals surface area contributed by atoms with Crippen molar-refractivity contribution in [3.05, 3.63) is 77.9 Å². The Hall–Kier alpha value is -3.31. The molecule has 190 valence electrons. The van der Waals surface area contributed by atoms with Crippen LogP contribution in [0.3, 0.4) is 0 Å². The fourth-order valence-electron chi connectivity index (χ4n) is 4.25. The van der Waals surface area contributed by atoms with E-state index in [1.54, 1.807) is 36.4 Å². The third-order valence-electron chi connectivity index (χ3n) is 6.35. The molecule has 0 radical (unpaired) electrons. The summed E-state index contributed by atoms with van der Waals surface area (Å²) in [6.07, 6.45) is 0.124. The lowest BCUT2D eigenvalue weighted by atomic mass is 9.86. The van der Waals surface area contributed by atoms with E-state index in [1.165, 1.54) is 23.4 Å². The Bertz CT molecular complexity index is 1390. The number of hydrogen-bond acceptors (Lipinski definition) is 6. The van der Waals surface area contributed by atoms with E-state index in [0.717, 1.165) is 0 Å². The van der Waals surface area contributed by atoms with E-state index in [0.29, 0.717) is 22.2 Å². The number of para-hydroxylation sites is 1. The molecule has 0 spiro atoms. The van der Waals surface area contributed by atoms with Gasteiger partial charge in [-0.15, -0.1) is 0 Å². The number of aliphatic hydroxyl groups is 1. The van der Waals surface area contributed by atoms with Crippen molar-refractivity contribution < 1.29 is 31.5 Å². The molecule has 11 heteroatoms. The minimum atomic E-state index is -3.73. The number of carbonyl (C=O) groups is 1. The summed E-state index contributed by atoms with van der Waals surface area (Å²) in [4.78, 5) is 22.8. The van der Waals surface area contributed by atoms with Gasteiger partial charge in [0.2, 0.25) is 0 Å². The fourth-order valence-corrected chi connectivity index (χ4v) is 5.78. The molecule has 3 aromatic rings. The van der Waals surface area contributed by atoms with E-state index in [1.807, 2.05) is 0 Å². The van der Waals surface area contributed by atoms with Crippen molar-refractivity contribution in [2.45, 2.75) is 41.9 Å². The summed E-state index contributed by atoms with van der Waals surface area (Å²) in [7, 11) is -3.73. The highest BCUT2D eigenvalue weighted by molar-refractivity contribution is 7.90. The molecule has 1 amide bonds. The summed E-state index contributed by atoms with van der Waals surface area (Å²) in [5, 5.41) is 10.5. The number of amides is 1. The number of nitrogens with zero attached hydrogens (tertiary/aromatic N) is 3. The average Bonchev–Trinajstić information content (AvgIpc) is 2.87. The van der Waals surface area contributed by atoms with E-state index in [4.69, 9.17) is 0 Å². The summed E-state index contributed by atoms with van der Waals surface area (Å²) in [5.41, 5.74) is 0.310. The Kier molecular flexibility index (Phi) is 7.41. The monoisotopic (exact) mass is 519 g/mol. The van der Waals surface area contributed by atoms with Crippen LogP contribution in [0.5, 0.6) is 0 Å². The van der Waals surface area contributed by atoms with E-state index in [9.17, 15) is 31.5 Å². The first kappa shape index (κ1) is 25.8. The molecule has 4 rings (SSSR count). The highest BCUT2D eigenvalue weighted by Gasteiger charge is 2.34. The quantitative estimate of drug-likeness (QED) is 0.496. The maximum Gasteiger partial charge on any atom is 0.301 e. The average molecular weight is 520 g/mol. The fraction of sp³-hybridized carbons (Fsp3) is 0.320. The van der Waals surface area contributed by atoms with Gasteiger partial charge < -0.3 is 10.0 Å². The Morgan fingerprint density at radius 2 is 1.67 bits per heavy atom. The van der Waals surface area contributed by atoms with Gasteiger partial charge in [-0.2, -0.15) is 8.78 Å². The van der Waals surface area contributed by atoms with Crippen LogP contribution in [0, 0.1) is 0 Å². The smallest absolute Gasteiger partial charge is 0.301 e. The second-order valence-corrected chi connectivity index (χ2v) is 10.8. The number of allylic oxidation sites excluding steroid dienone is 1. The molecule has 0 unspecified atom stereocenters. The van der Waals surface area contributed by atoms with Gasteiger partial charge in [-0.05, 0) is 49.1 Å². The molecule has 0 aliphatic carbocycles. The maximum atomic E-state index is 13.1. The molecule has 36 heavy (non-hydrogen) atoms. The number of piperidine rings is 1. The normalized spacial score (nSPS) is 15.6. The van der Waals surface area contributed by atoms with Gasteiger partial charge in [-0.1, -0.05) is 18.2 Å². The molecule has 0 saturated carbocycles. The third kappa shape index (κ3) is 5.73. The van der Waals surface area contributed by atoms with Crippen LogP contribution in [0.25, 0.3) is 11.0 Å². The summed E-state index contributed by atoms with van der Waals surface area (Å²) < 4.78 is 63.7. The van der Waals surface area contributed by atoms with Crippen LogP contribution in [0.1, 0.15) is 41.6 Å². The van der Waals surface area contributed by atoms with Crippen molar-refractivity contribution in [3.8, 4) is 0 Å². The molecular formula is C25H24F3N3O4S. The second-order valence-electron chi connectivity index (χ2n) is 8.82. The Balaban J connectivity index is 1.39. The van der Waals surface area contributed by atoms with Crippen molar-refractivity contribution in [1.29, 1.82) is 0 Å². The Morgan fingerprint density at radius 1 is 1.00 bits per heavy atom. The standard InChI is InChI=1S/C25H24F3N3O4S/c26-19(23(27)28)8-9-25(33)10-14-31(15-11-25)24(32)18-6-4-17(5-7-18)16-36(34,35)21-3-1-2-20-22(21)30-13-12-29-20/h1-7,12-13,33H,8-11,14-16H2. The number of carbonyl (C=O) groups excluding carboxylic acids is 1. The number of rotatable bonds is 7. The molecule has 0 bridgehead atoms. The van der Waals surface area contributed by atoms with Crippen LogP contribution in [0.15, 0.2) is 71.7 Å². The van der Waals surface area contributed by atoms with Crippen LogP contribution < -0.4 is 0 Å². The molecule has 2 heterocycles. The molecule has 1 saturated heterocycles. The zero-order valence-electron chi connectivity index (χ0n) is 19.2. The van der Waals surface area contributed by atoms with Crippen molar-refractivity contribution >= 4 is 26.8 Å². The summed E-state index contributed by atoms with van der Waals surface area (Å²) >= 11 is 0. The third-order valence-corrected chi connectivity index (χ3v) is 8.06. The number of fused-ring (bicyclic) bond motifs is 1. The van der Waals surface area contributed by atoms with Crippen molar-refractivity contribution in [3.63, 3.8) is 0 Å². The van der Waals surface area contributed by atoms with Gasteiger partial charge in [-0.3, -0.25) is 14.8 Å². The SMILES string of the molecule is O=C(c1ccc(CS(=O)(=O)c2cccc3nccnc23)cc1)N1CCC(O)(CCC(F)=C(F)F)CC1. The number of benzene rings is 2. The first-order chi connectivity index (χ1) is 17.1. The molecule has 1 aliphatic rings. The van der Waals surface area contributed by atoms with Gasteiger partial charge in [-0.25, -0.2) is 12.8 Å². The zero-order chi connectivity index (χ0) is 25.9. The van der Waals surface area contributed by atoms with Crippen LogP contribution in [0.2, 0.25) is 0 Å². The maximum absolute atomic E-state index is 13.1. The van der Waals surface area contributed by atoms with Gasteiger partial charge in [0.1, 0.15) is 5.52 Å². The van der Waals surface area contributed by atoms with Gasteiger partial charge in [0.25, 0.3) is 5.91 Å². The van der Waals surface area contributed by atoms with Gasteiger partial charge >= 0.3 is 6.08 Å². The van der Waals surface area contributed by atoms with Crippen LogP contribution in [-0.2, 0) is 15.6 Å². The first-order valence-electron chi connectivity index (χ1n) is 11.3. The molecule has 1 fully saturated rings. The minimum absolute atomic E-state index is 0.0821. The molecule has 0 atom stereocenters. The van der Waals surface area contributed by atoms with E-state index in [2.05, 4.69) is 9.97 Å². The number of aromatic nitrogens is 2. The lowest BCUT2D eigenvalue weighted by molar-refractivity contribution is -0.0236. The van der Waals surface area contributed by atoms with Crippen LogP contribution >= 0.6 is 0 Å². The van der Waals surface area contributed by atoms with Crippen LogP contribution in [-0.4, -0.2) is 53.0 Å². The largest absolute Gasteiger partial charge is 0.390 e. The van der Waals surface area contributed by atoms with Gasteiger partial charge in [0, 0.05) is 37.5 Å². The number of sulfone groups is 1. The molecule has 1 aromatic heterocycles. The number of halogens is 3. The van der Waals surface area contributed by atoms with Crippen molar-refractivity contribution in [2.75, 3.05) is 13.1 Å². The highest BCUT2D eigenvalue weighted by Crippen LogP contribution is 2.30. The molecule has 2 aromatic carbocycles.